The topological polar surface area (TPSA) is 54.0 Å². The zero-order chi connectivity index (χ0) is 11.7. The fourth-order valence-electron chi connectivity index (χ4n) is 0.752. The van der Waals surface area contributed by atoms with E-state index in [1.165, 1.54) is 0 Å². The fraction of sp³-hybridized carbons (Fsp3) is 0.900. The number of ether oxygens (including phenoxy) is 2. The molecule has 0 aromatic heterocycles. The van der Waals surface area contributed by atoms with Gasteiger partial charge in [-0.05, 0) is 13.3 Å². The molecule has 0 unspecified atom stereocenters. The quantitative estimate of drug-likeness (QED) is 0.217. The maximum atomic E-state index is 11.0. The number of hydrogen-bond donors (Lipinski definition) is 0. The van der Waals surface area contributed by atoms with Gasteiger partial charge in [-0.2, -0.15) is 4.89 Å². The lowest BCUT2D eigenvalue weighted by atomic mass is 10.4. The van der Waals surface area contributed by atoms with Gasteiger partial charge in [0.05, 0.1) is 13.2 Å². The Balaban J connectivity index is 3.70. The van der Waals surface area contributed by atoms with E-state index in [4.69, 9.17) is 14.5 Å². The van der Waals surface area contributed by atoms with Crippen molar-refractivity contribution in [3.63, 3.8) is 0 Å². The first-order chi connectivity index (χ1) is 7.02. The molecular weight excluding hydrogens is 200 g/mol. The van der Waals surface area contributed by atoms with E-state index in [9.17, 15) is 4.79 Å². The molecule has 0 heterocycles. The lowest BCUT2D eigenvalue weighted by Crippen LogP contribution is -2.32. The van der Waals surface area contributed by atoms with E-state index in [1.807, 2.05) is 6.92 Å². The van der Waals surface area contributed by atoms with E-state index >= 15 is 0 Å². The summed E-state index contributed by atoms with van der Waals surface area (Å²) in [6.45, 7) is 7.65. The smallest absolute Gasteiger partial charge is 0.435 e. The second-order valence-electron chi connectivity index (χ2n) is 3.44. The van der Waals surface area contributed by atoms with Gasteiger partial charge in [-0.3, -0.25) is 0 Å². The van der Waals surface area contributed by atoms with Gasteiger partial charge < -0.3 is 9.47 Å². The van der Waals surface area contributed by atoms with Crippen LogP contribution in [0.3, 0.4) is 0 Å². The van der Waals surface area contributed by atoms with Gasteiger partial charge in [-0.1, -0.05) is 13.3 Å². The zero-order valence-electron chi connectivity index (χ0n) is 9.87. The Bertz CT molecular complexity index is 179. The molecule has 0 aliphatic carbocycles. The summed E-state index contributed by atoms with van der Waals surface area (Å²) in [5, 5.41) is 0. The average molecular weight is 220 g/mol. The average Bonchev–Trinajstić information content (AvgIpc) is 2.12. The molecule has 5 heteroatoms. The van der Waals surface area contributed by atoms with Crippen LogP contribution < -0.4 is 0 Å². The van der Waals surface area contributed by atoms with Crippen molar-refractivity contribution in [2.45, 2.75) is 46.3 Å². The molecule has 0 saturated carbocycles. The first-order valence-corrected chi connectivity index (χ1v) is 5.18. The summed E-state index contributed by atoms with van der Waals surface area (Å²) in [6, 6.07) is 0. The van der Waals surface area contributed by atoms with Gasteiger partial charge in [0, 0.05) is 13.8 Å². The predicted molar refractivity (Wildman–Crippen MR) is 54.1 cm³/mol. The molecule has 0 spiro atoms. The molecule has 0 saturated heterocycles. The highest BCUT2D eigenvalue weighted by Crippen LogP contribution is 2.13. The van der Waals surface area contributed by atoms with Gasteiger partial charge in [0.25, 0.3) is 0 Å². The van der Waals surface area contributed by atoms with E-state index in [0.717, 1.165) is 12.8 Å². The van der Waals surface area contributed by atoms with Crippen molar-refractivity contribution in [3.8, 4) is 0 Å². The summed E-state index contributed by atoms with van der Waals surface area (Å²) in [5.74, 6) is -1.13. The monoisotopic (exact) mass is 220 g/mol. The summed E-state index contributed by atoms with van der Waals surface area (Å²) in [5.41, 5.74) is 0. The first kappa shape index (κ1) is 14.2. The largest absolute Gasteiger partial charge is 0.510 e. The molecule has 0 rings (SSSR count). The van der Waals surface area contributed by atoms with Crippen LogP contribution in [-0.2, 0) is 19.2 Å². The van der Waals surface area contributed by atoms with Crippen LogP contribution in [0.25, 0.3) is 0 Å². The minimum absolute atomic E-state index is 0.269. The van der Waals surface area contributed by atoms with Crippen LogP contribution in [0.5, 0.6) is 0 Å². The van der Waals surface area contributed by atoms with Crippen LogP contribution in [0.1, 0.15) is 40.5 Å². The van der Waals surface area contributed by atoms with Gasteiger partial charge >= 0.3 is 6.16 Å². The Morgan fingerprint density at radius 1 is 1.27 bits per heavy atom. The molecule has 0 N–H and O–H groups in total. The van der Waals surface area contributed by atoms with Gasteiger partial charge in [0.1, 0.15) is 0 Å². The zero-order valence-corrected chi connectivity index (χ0v) is 9.87. The molecule has 0 aromatic rings. The van der Waals surface area contributed by atoms with Crippen LogP contribution in [0, 0.1) is 0 Å². The molecule has 0 bridgehead atoms. The minimum atomic E-state index is -1.13. The molecular formula is C10H20O5. The number of carbonyl (C=O) groups is 1. The van der Waals surface area contributed by atoms with Gasteiger partial charge in [0.15, 0.2) is 0 Å². The van der Waals surface area contributed by atoms with Crippen molar-refractivity contribution in [1.29, 1.82) is 0 Å². The first-order valence-electron chi connectivity index (χ1n) is 5.18. The molecule has 0 atom stereocenters. The Labute approximate surface area is 90.6 Å². The third-order valence-corrected chi connectivity index (χ3v) is 1.43. The third kappa shape index (κ3) is 8.20. The normalized spacial score (nSPS) is 11.2. The molecule has 0 amide bonds. The predicted octanol–water partition coefficient (Wildman–Crippen LogP) is 2.64. The van der Waals surface area contributed by atoms with Crippen molar-refractivity contribution in [1.82, 2.24) is 0 Å². The van der Waals surface area contributed by atoms with Crippen LogP contribution in [-0.4, -0.2) is 25.2 Å². The SMILES string of the molecule is CCCCOOC(C)(C)OC(=O)OCC. The van der Waals surface area contributed by atoms with Crippen molar-refractivity contribution in [2.75, 3.05) is 13.2 Å². The lowest BCUT2D eigenvalue weighted by Gasteiger charge is -2.22. The standard InChI is InChI=1S/C10H20O5/c1-5-7-8-13-15-10(3,4)14-9(11)12-6-2/h5-8H2,1-4H3. The van der Waals surface area contributed by atoms with E-state index in [1.54, 1.807) is 20.8 Å². The molecule has 0 aromatic carbocycles. The molecule has 90 valence electrons. The van der Waals surface area contributed by atoms with Gasteiger partial charge in [0.2, 0.25) is 5.79 Å². The van der Waals surface area contributed by atoms with Crippen molar-refractivity contribution in [3.05, 3.63) is 0 Å². The van der Waals surface area contributed by atoms with Crippen molar-refractivity contribution < 1.29 is 24.0 Å². The third-order valence-electron chi connectivity index (χ3n) is 1.43. The van der Waals surface area contributed by atoms with Gasteiger partial charge in [-0.15, -0.1) is 0 Å². The van der Waals surface area contributed by atoms with Crippen LogP contribution >= 0.6 is 0 Å². The summed E-state index contributed by atoms with van der Waals surface area (Å²) >= 11 is 0. The molecule has 0 aliphatic rings. The maximum Gasteiger partial charge on any atom is 0.510 e. The molecule has 0 aliphatic heterocycles. The number of hydrogen-bond acceptors (Lipinski definition) is 5. The van der Waals surface area contributed by atoms with Crippen LogP contribution in [0.2, 0.25) is 0 Å². The maximum absolute atomic E-state index is 11.0. The highest BCUT2D eigenvalue weighted by molar-refractivity contribution is 5.60. The number of rotatable bonds is 7. The van der Waals surface area contributed by atoms with Crippen molar-refractivity contribution in [2.24, 2.45) is 0 Å². The number of carbonyl (C=O) groups excluding carboxylic acids is 1. The summed E-state index contributed by atoms with van der Waals surface area (Å²) in [4.78, 5) is 20.8. The molecule has 0 fully saturated rings. The minimum Gasteiger partial charge on any atom is -0.435 e. The second kappa shape index (κ2) is 7.48. The van der Waals surface area contributed by atoms with Crippen LogP contribution in [0.15, 0.2) is 0 Å². The molecule has 5 nitrogen and oxygen atoms in total. The fourth-order valence-corrected chi connectivity index (χ4v) is 0.752. The number of unbranched alkanes of at least 4 members (excludes halogenated alkanes) is 1. The molecule has 15 heavy (non-hydrogen) atoms. The Morgan fingerprint density at radius 3 is 2.47 bits per heavy atom. The van der Waals surface area contributed by atoms with E-state index in [-0.39, 0.29) is 6.61 Å². The Morgan fingerprint density at radius 2 is 1.93 bits per heavy atom. The van der Waals surface area contributed by atoms with Crippen LogP contribution in [0.4, 0.5) is 4.79 Å². The van der Waals surface area contributed by atoms with E-state index < -0.39 is 11.9 Å². The Kier molecular flexibility index (Phi) is 7.07. The lowest BCUT2D eigenvalue weighted by molar-refractivity contribution is -0.407. The van der Waals surface area contributed by atoms with E-state index in [0.29, 0.717) is 6.61 Å². The van der Waals surface area contributed by atoms with Gasteiger partial charge in [-0.25, -0.2) is 9.68 Å². The second-order valence-corrected chi connectivity index (χ2v) is 3.44. The highest BCUT2D eigenvalue weighted by Gasteiger charge is 2.25. The van der Waals surface area contributed by atoms with Crippen molar-refractivity contribution >= 4 is 6.16 Å². The Hall–Kier alpha value is -0.810. The van der Waals surface area contributed by atoms with E-state index in [2.05, 4.69) is 4.74 Å². The summed E-state index contributed by atoms with van der Waals surface area (Å²) < 4.78 is 9.46. The summed E-state index contributed by atoms with van der Waals surface area (Å²) in [6.07, 6.45) is 1.15. The molecule has 0 radical (unpaired) electrons. The summed E-state index contributed by atoms with van der Waals surface area (Å²) in [7, 11) is 0. The highest BCUT2D eigenvalue weighted by atomic mass is 17.2.